The second-order valence-corrected chi connectivity index (χ2v) is 5.55. The average molecular weight is 273 g/mol. The van der Waals surface area contributed by atoms with E-state index >= 15 is 0 Å². The zero-order valence-electron chi connectivity index (χ0n) is 11.1. The molecule has 0 fully saturated rings. The quantitative estimate of drug-likeness (QED) is 0.778. The van der Waals surface area contributed by atoms with Crippen molar-refractivity contribution in [2.75, 3.05) is 5.73 Å². The van der Waals surface area contributed by atoms with Crippen LogP contribution in [0.2, 0.25) is 0 Å². The van der Waals surface area contributed by atoms with Gasteiger partial charge in [0.05, 0.1) is 23.1 Å². The highest BCUT2D eigenvalue weighted by atomic mass is 32.1. The van der Waals surface area contributed by atoms with E-state index < -0.39 is 0 Å². The molecule has 0 amide bonds. The molecule has 3 aromatic heterocycles. The highest BCUT2D eigenvalue weighted by molar-refractivity contribution is 7.09. The average Bonchev–Trinajstić information content (AvgIpc) is 2.89. The summed E-state index contributed by atoms with van der Waals surface area (Å²) in [5, 5.41) is 0.960. The third-order valence-corrected chi connectivity index (χ3v) is 4.50. The molecule has 19 heavy (non-hydrogen) atoms. The molecule has 0 unspecified atom stereocenters. The fourth-order valence-electron chi connectivity index (χ4n) is 2.31. The maximum Gasteiger partial charge on any atom is 0.146 e. The summed E-state index contributed by atoms with van der Waals surface area (Å²) in [6.07, 6.45) is 1.52. The Morgan fingerprint density at radius 3 is 2.68 bits per heavy atom. The van der Waals surface area contributed by atoms with Gasteiger partial charge in [0.15, 0.2) is 0 Å². The molecule has 0 aliphatic carbocycles. The van der Waals surface area contributed by atoms with E-state index in [4.69, 9.17) is 5.73 Å². The Bertz CT molecular complexity index is 756. The van der Waals surface area contributed by atoms with Crippen LogP contribution in [0.15, 0.2) is 11.8 Å². The van der Waals surface area contributed by atoms with Gasteiger partial charge in [-0.15, -0.1) is 11.3 Å². The zero-order chi connectivity index (χ0) is 13.6. The summed E-state index contributed by atoms with van der Waals surface area (Å²) in [6, 6.07) is 0. The van der Waals surface area contributed by atoms with E-state index in [1.807, 2.05) is 12.4 Å². The predicted octanol–water partition coefficient (Wildman–Crippen LogP) is 2.44. The van der Waals surface area contributed by atoms with Crippen LogP contribution in [0.1, 0.15) is 21.8 Å². The maximum atomic E-state index is 5.97. The molecule has 0 radical (unpaired) electrons. The lowest BCUT2D eigenvalue weighted by atomic mass is 10.2. The molecule has 0 aliphatic rings. The molecule has 3 heterocycles. The summed E-state index contributed by atoms with van der Waals surface area (Å²) in [5.41, 5.74) is 12.1. The fourth-order valence-corrected chi connectivity index (χ4v) is 3.08. The first-order valence-electron chi connectivity index (χ1n) is 6.04. The Morgan fingerprint density at radius 2 is 2.00 bits per heavy atom. The molecule has 0 spiro atoms. The summed E-state index contributed by atoms with van der Waals surface area (Å²) < 4.78 is 2.18. The number of anilines is 1. The normalized spacial score (nSPS) is 11.3. The first kappa shape index (κ1) is 12.1. The Kier molecular flexibility index (Phi) is 2.74. The molecule has 0 saturated carbocycles. The van der Waals surface area contributed by atoms with Crippen LogP contribution in [0.4, 0.5) is 5.82 Å². The van der Waals surface area contributed by atoms with Gasteiger partial charge in [0.2, 0.25) is 0 Å². The van der Waals surface area contributed by atoms with Crippen LogP contribution >= 0.6 is 11.3 Å². The number of hydrogen-bond donors (Lipinski definition) is 1. The number of thiazole rings is 1. The van der Waals surface area contributed by atoms with Gasteiger partial charge in [0.25, 0.3) is 0 Å². The van der Waals surface area contributed by atoms with E-state index in [0.29, 0.717) is 5.82 Å². The number of nitrogen functional groups attached to an aromatic ring is 1. The topological polar surface area (TPSA) is 69.6 Å². The van der Waals surface area contributed by atoms with Gasteiger partial charge in [-0.1, -0.05) is 0 Å². The molecule has 0 aliphatic heterocycles. The highest BCUT2D eigenvalue weighted by Crippen LogP contribution is 2.28. The number of nitrogens with zero attached hydrogens (tertiary/aromatic N) is 4. The summed E-state index contributed by atoms with van der Waals surface area (Å²) in [5.74, 6) is 0.547. The molecule has 6 heteroatoms. The van der Waals surface area contributed by atoms with Crippen LogP contribution in [-0.4, -0.2) is 19.5 Å². The standard InChI is InChI=1S/C13H15N5S/c1-7-9(3)18(4-10-8(2)17-6-19-10)13-11(7)12(14)15-5-16-13/h5-6H,4H2,1-3H3,(H2,14,15,16). The van der Waals surface area contributed by atoms with Crippen molar-refractivity contribution in [3.8, 4) is 0 Å². The van der Waals surface area contributed by atoms with Gasteiger partial charge in [-0.05, 0) is 26.3 Å². The lowest BCUT2D eigenvalue weighted by molar-refractivity contribution is 0.794. The van der Waals surface area contributed by atoms with Crippen molar-refractivity contribution in [3.05, 3.63) is 33.7 Å². The maximum absolute atomic E-state index is 5.97. The molecule has 0 saturated heterocycles. The third-order valence-electron chi connectivity index (χ3n) is 3.58. The monoisotopic (exact) mass is 273 g/mol. The van der Waals surface area contributed by atoms with Gasteiger partial charge in [-0.2, -0.15) is 0 Å². The SMILES string of the molecule is Cc1ncsc1Cn1c(C)c(C)c2c(N)ncnc21. The van der Waals surface area contributed by atoms with E-state index in [0.717, 1.165) is 28.8 Å². The van der Waals surface area contributed by atoms with Crippen molar-refractivity contribution in [2.24, 2.45) is 0 Å². The van der Waals surface area contributed by atoms with E-state index in [2.05, 4.69) is 33.4 Å². The lowest BCUT2D eigenvalue weighted by Gasteiger charge is -2.06. The first-order valence-corrected chi connectivity index (χ1v) is 6.92. The molecule has 3 aromatic rings. The van der Waals surface area contributed by atoms with Gasteiger partial charge in [-0.3, -0.25) is 0 Å². The second-order valence-electron chi connectivity index (χ2n) is 4.62. The van der Waals surface area contributed by atoms with Crippen LogP contribution in [0, 0.1) is 20.8 Å². The van der Waals surface area contributed by atoms with Gasteiger partial charge in [-0.25, -0.2) is 15.0 Å². The van der Waals surface area contributed by atoms with Crippen LogP contribution < -0.4 is 5.73 Å². The van der Waals surface area contributed by atoms with Crippen molar-refractivity contribution < 1.29 is 0 Å². The van der Waals surface area contributed by atoms with Gasteiger partial charge in [0.1, 0.15) is 17.8 Å². The number of hydrogen-bond acceptors (Lipinski definition) is 5. The lowest BCUT2D eigenvalue weighted by Crippen LogP contribution is -2.03. The van der Waals surface area contributed by atoms with Crippen molar-refractivity contribution in [1.82, 2.24) is 19.5 Å². The van der Waals surface area contributed by atoms with Crippen LogP contribution in [0.5, 0.6) is 0 Å². The number of nitrogens with two attached hydrogens (primary N) is 1. The highest BCUT2D eigenvalue weighted by Gasteiger charge is 2.16. The number of fused-ring (bicyclic) bond motifs is 1. The Balaban J connectivity index is 2.22. The Labute approximate surface area is 115 Å². The van der Waals surface area contributed by atoms with E-state index in [1.54, 1.807) is 11.3 Å². The van der Waals surface area contributed by atoms with E-state index in [9.17, 15) is 0 Å². The second kappa shape index (κ2) is 4.31. The van der Waals surface area contributed by atoms with E-state index in [1.165, 1.54) is 16.9 Å². The first-order chi connectivity index (χ1) is 9.09. The smallest absolute Gasteiger partial charge is 0.146 e. The number of aryl methyl sites for hydroxylation is 2. The van der Waals surface area contributed by atoms with Gasteiger partial charge >= 0.3 is 0 Å². The molecule has 5 nitrogen and oxygen atoms in total. The molecular formula is C13H15N5S. The molecule has 98 valence electrons. The number of aromatic nitrogens is 4. The summed E-state index contributed by atoms with van der Waals surface area (Å²) in [7, 11) is 0. The Hall–Kier alpha value is -1.95. The Morgan fingerprint density at radius 1 is 1.21 bits per heavy atom. The molecular weight excluding hydrogens is 258 g/mol. The van der Waals surface area contributed by atoms with Crippen LogP contribution in [-0.2, 0) is 6.54 Å². The summed E-state index contributed by atoms with van der Waals surface area (Å²) in [4.78, 5) is 14.0. The molecule has 0 bridgehead atoms. The van der Waals surface area contributed by atoms with Crippen LogP contribution in [0.3, 0.4) is 0 Å². The van der Waals surface area contributed by atoms with Crippen molar-refractivity contribution in [3.63, 3.8) is 0 Å². The minimum absolute atomic E-state index is 0.547. The molecule has 3 rings (SSSR count). The zero-order valence-corrected chi connectivity index (χ0v) is 12.0. The van der Waals surface area contributed by atoms with Crippen LogP contribution in [0.25, 0.3) is 11.0 Å². The summed E-state index contributed by atoms with van der Waals surface area (Å²) >= 11 is 1.67. The molecule has 0 aromatic carbocycles. The van der Waals surface area contributed by atoms with Gasteiger partial charge < -0.3 is 10.3 Å². The third kappa shape index (κ3) is 1.79. The number of rotatable bonds is 2. The largest absolute Gasteiger partial charge is 0.383 e. The minimum atomic E-state index is 0.547. The van der Waals surface area contributed by atoms with E-state index in [-0.39, 0.29) is 0 Å². The van der Waals surface area contributed by atoms with Crippen molar-refractivity contribution in [2.45, 2.75) is 27.3 Å². The molecule has 0 atom stereocenters. The fraction of sp³-hybridized carbons (Fsp3) is 0.308. The molecule has 2 N–H and O–H groups in total. The predicted molar refractivity (Wildman–Crippen MR) is 77.4 cm³/mol. The van der Waals surface area contributed by atoms with Crippen molar-refractivity contribution in [1.29, 1.82) is 0 Å². The van der Waals surface area contributed by atoms with Crippen molar-refractivity contribution >= 4 is 28.2 Å². The minimum Gasteiger partial charge on any atom is -0.383 e. The summed E-state index contributed by atoms with van der Waals surface area (Å²) in [6.45, 7) is 6.96. The van der Waals surface area contributed by atoms with Gasteiger partial charge in [0, 0.05) is 10.6 Å².